The number of benzene rings is 7. The van der Waals surface area contributed by atoms with Gasteiger partial charge >= 0.3 is 0 Å². The minimum absolute atomic E-state index is 0.435. The summed E-state index contributed by atoms with van der Waals surface area (Å²) >= 11 is 3.78. The van der Waals surface area contributed by atoms with E-state index in [-0.39, 0.29) is 0 Å². The van der Waals surface area contributed by atoms with E-state index in [2.05, 4.69) is 138 Å². The number of allylic oxidation sites excluding steroid dienone is 1. The molecule has 270 valence electrons. The number of aromatic nitrogens is 3. The Hall–Kier alpha value is -6.47. The number of anilines is 2. The maximum absolute atomic E-state index is 5.04. The standard InChI is InChI=1S/C51H34N4S2/c1-3-13-31(14-4-1)49-52-50(32-15-5-2-6-16-32)54-51(53-49)34-26-28-46-41(30-34)40-29-33(25-27-45(40)56-46)35-19-11-20-38-39-21-12-24-44(48(39)57-47(35)38)55-42-22-9-7-17-36(42)37-18-8-10-23-43(37)55/h1-9,11-22,24-30,37,43H,10,23H2. The molecule has 3 aromatic heterocycles. The lowest BCUT2D eigenvalue weighted by Crippen LogP contribution is -2.30. The normalized spacial score (nSPS) is 16.2. The van der Waals surface area contributed by atoms with Crippen LogP contribution < -0.4 is 4.90 Å². The van der Waals surface area contributed by atoms with E-state index in [4.69, 9.17) is 15.0 Å². The van der Waals surface area contributed by atoms with Crippen molar-refractivity contribution >= 4 is 74.4 Å². The molecule has 57 heavy (non-hydrogen) atoms. The average Bonchev–Trinajstić information content (AvgIpc) is 3.96. The van der Waals surface area contributed by atoms with Gasteiger partial charge in [0.25, 0.3) is 0 Å². The van der Waals surface area contributed by atoms with Crippen LogP contribution in [0.15, 0.2) is 170 Å². The summed E-state index contributed by atoms with van der Waals surface area (Å²) in [7, 11) is 0. The predicted octanol–water partition coefficient (Wildman–Crippen LogP) is 14.2. The molecule has 1 aliphatic carbocycles. The van der Waals surface area contributed by atoms with Gasteiger partial charge in [-0.3, -0.25) is 0 Å². The summed E-state index contributed by atoms with van der Waals surface area (Å²) in [6.45, 7) is 0. The van der Waals surface area contributed by atoms with Crippen LogP contribution in [0.25, 0.3) is 85.6 Å². The van der Waals surface area contributed by atoms with Gasteiger partial charge in [0, 0.05) is 70.0 Å². The average molecular weight is 767 g/mol. The van der Waals surface area contributed by atoms with E-state index < -0.39 is 0 Å². The van der Waals surface area contributed by atoms with E-state index in [1.54, 1.807) is 0 Å². The molecule has 0 radical (unpaired) electrons. The molecule has 0 fully saturated rings. The molecule has 4 nitrogen and oxygen atoms in total. The van der Waals surface area contributed by atoms with Crippen LogP contribution in [0.1, 0.15) is 24.3 Å². The van der Waals surface area contributed by atoms with Crippen molar-refractivity contribution in [2.75, 3.05) is 4.90 Å². The Morgan fingerprint density at radius 1 is 0.474 bits per heavy atom. The number of rotatable bonds is 5. The molecule has 0 spiro atoms. The Morgan fingerprint density at radius 2 is 1.07 bits per heavy atom. The van der Waals surface area contributed by atoms with Gasteiger partial charge in [0.2, 0.25) is 0 Å². The SMILES string of the molecule is C1=CC2c3ccccc3N(c3cccc4c3sc3c(-c5ccc6sc7ccc(-c8nc(-c9ccccc9)nc(-c9ccccc9)n8)cc7c6c5)cccc34)C2CC1. The molecule has 0 amide bonds. The van der Waals surface area contributed by atoms with Crippen molar-refractivity contribution in [3.05, 3.63) is 175 Å². The third kappa shape index (κ3) is 5.28. The largest absolute Gasteiger partial charge is 0.336 e. The number of fused-ring (bicyclic) bond motifs is 9. The second-order valence-corrected chi connectivity index (χ2v) is 17.1. The number of para-hydroxylation sites is 1. The number of nitrogens with zero attached hydrogens (tertiary/aromatic N) is 4. The fourth-order valence-corrected chi connectivity index (χ4v) is 11.6. The molecule has 7 aromatic carbocycles. The first kappa shape index (κ1) is 32.7. The van der Waals surface area contributed by atoms with Gasteiger partial charge in [-0.1, -0.05) is 127 Å². The monoisotopic (exact) mass is 766 g/mol. The first-order valence-electron chi connectivity index (χ1n) is 19.6. The fourth-order valence-electron chi connectivity index (χ4n) is 9.14. The van der Waals surface area contributed by atoms with Gasteiger partial charge in [0.05, 0.1) is 10.4 Å². The molecule has 2 aliphatic rings. The zero-order valence-corrected chi connectivity index (χ0v) is 32.5. The second-order valence-electron chi connectivity index (χ2n) is 15.0. The van der Waals surface area contributed by atoms with Crippen LogP contribution >= 0.6 is 22.7 Å². The molecule has 10 aromatic rings. The van der Waals surface area contributed by atoms with Crippen molar-refractivity contribution in [3.8, 4) is 45.3 Å². The van der Waals surface area contributed by atoms with Gasteiger partial charge in [-0.2, -0.15) is 0 Å². The summed E-state index contributed by atoms with van der Waals surface area (Å²) < 4.78 is 5.21. The van der Waals surface area contributed by atoms with E-state index in [1.165, 1.54) is 68.4 Å². The molecule has 12 rings (SSSR count). The Morgan fingerprint density at radius 3 is 1.81 bits per heavy atom. The van der Waals surface area contributed by atoms with Crippen LogP contribution in [0.3, 0.4) is 0 Å². The summed E-state index contributed by atoms with van der Waals surface area (Å²) in [6, 6.07) is 57.2. The molecule has 1 aliphatic heterocycles. The van der Waals surface area contributed by atoms with Crippen LogP contribution in [0.2, 0.25) is 0 Å². The van der Waals surface area contributed by atoms with Gasteiger partial charge in [-0.25, -0.2) is 15.0 Å². The minimum atomic E-state index is 0.435. The maximum atomic E-state index is 5.04. The van der Waals surface area contributed by atoms with Gasteiger partial charge in [0.1, 0.15) is 0 Å². The molecule has 0 N–H and O–H groups in total. The van der Waals surface area contributed by atoms with Gasteiger partial charge in [-0.15, -0.1) is 22.7 Å². The highest BCUT2D eigenvalue weighted by Gasteiger charge is 2.39. The van der Waals surface area contributed by atoms with E-state index in [1.807, 2.05) is 59.1 Å². The third-order valence-corrected chi connectivity index (χ3v) is 14.2. The zero-order valence-electron chi connectivity index (χ0n) is 30.8. The topological polar surface area (TPSA) is 41.9 Å². The zero-order chi connectivity index (χ0) is 37.5. The molecule has 0 bridgehead atoms. The molecule has 2 unspecified atom stereocenters. The Labute approximate surface area is 338 Å². The lowest BCUT2D eigenvalue weighted by atomic mass is 9.87. The highest BCUT2D eigenvalue weighted by Crippen LogP contribution is 2.53. The summed E-state index contributed by atoms with van der Waals surface area (Å²) in [6.07, 6.45) is 7.10. The summed E-state index contributed by atoms with van der Waals surface area (Å²) in [5, 5.41) is 5.11. The predicted molar refractivity (Wildman–Crippen MR) is 241 cm³/mol. The number of thiophene rings is 2. The molecule has 0 saturated heterocycles. The van der Waals surface area contributed by atoms with E-state index in [0.29, 0.717) is 29.4 Å². The van der Waals surface area contributed by atoms with Crippen molar-refractivity contribution < 1.29 is 0 Å². The first-order chi connectivity index (χ1) is 28.2. The van der Waals surface area contributed by atoms with Crippen molar-refractivity contribution in [2.24, 2.45) is 0 Å². The lowest BCUT2D eigenvalue weighted by molar-refractivity contribution is 0.566. The third-order valence-electron chi connectivity index (χ3n) is 11.8. The van der Waals surface area contributed by atoms with Crippen LogP contribution in [-0.2, 0) is 0 Å². The van der Waals surface area contributed by atoms with Crippen molar-refractivity contribution in [2.45, 2.75) is 24.8 Å². The van der Waals surface area contributed by atoms with E-state index in [9.17, 15) is 0 Å². The van der Waals surface area contributed by atoms with Gasteiger partial charge < -0.3 is 4.90 Å². The number of hydrogen-bond acceptors (Lipinski definition) is 6. The van der Waals surface area contributed by atoms with Crippen LogP contribution in [0.4, 0.5) is 11.4 Å². The van der Waals surface area contributed by atoms with Gasteiger partial charge in [0.15, 0.2) is 17.5 Å². The van der Waals surface area contributed by atoms with Gasteiger partial charge in [-0.05, 0) is 72.0 Å². The Bertz CT molecular complexity index is 3160. The quantitative estimate of drug-likeness (QED) is 0.164. The highest BCUT2D eigenvalue weighted by atomic mass is 32.1. The summed E-state index contributed by atoms with van der Waals surface area (Å²) in [5.74, 6) is 2.44. The summed E-state index contributed by atoms with van der Waals surface area (Å²) in [4.78, 5) is 17.6. The molecule has 2 atom stereocenters. The van der Waals surface area contributed by atoms with Crippen molar-refractivity contribution in [1.82, 2.24) is 15.0 Å². The van der Waals surface area contributed by atoms with Crippen molar-refractivity contribution in [3.63, 3.8) is 0 Å². The first-order valence-corrected chi connectivity index (χ1v) is 21.2. The maximum Gasteiger partial charge on any atom is 0.164 e. The van der Waals surface area contributed by atoms with E-state index >= 15 is 0 Å². The Kier molecular flexibility index (Phi) is 7.50. The molecular weight excluding hydrogens is 733 g/mol. The highest BCUT2D eigenvalue weighted by molar-refractivity contribution is 7.27. The molecule has 6 heteroatoms. The molecule has 4 heterocycles. The Balaban J connectivity index is 0.990. The van der Waals surface area contributed by atoms with Crippen LogP contribution in [-0.4, -0.2) is 21.0 Å². The lowest BCUT2D eigenvalue weighted by Gasteiger charge is -2.31. The van der Waals surface area contributed by atoms with E-state index in [0.717, 1.165) is 29.5 Å². The molecule has 0 saturated carbocycles. The van der Waals surface area contributed by atoms with Crippen LogP contribution in [0, 0.1) is 0 Å². The minimum Gasteiger partial charge on any atom is -0.336 e. The van der Waals surface area contributed by atoms with Crippen molar-refractivity contribution in [1.29, 1.82) is 0 Å². The number of hydrogen-bond donors (Lipinski definition) is 0. The second kappa shape index (κ2) is 13.1. The fraction of sp³-hybridized carbons (Fsp3) is 0.0784. The van der Waals surface area contributed by atoms with Crippen LogP contribution in [0.5, 0.6) is 0 Å². The summed E-state index contributed by atoms with van der Waals surface area (Å²) in [5.41, 5.74) is 9.53. The smallest absolute Gasteiger partial charge is 0.164 e. The molecular formula is C51H34N4S2.